The number of benzene rings is 1. The second kappa shape index (κ2) is 6.48. The maximum atomic E-state index is 9.71. The molecule has 0 amide bonds. The van der Waals surface area contributed by atoms with E-state index in [-0.39, 0.29) is 6.61 Å². The quantitative estimate of drug-likeness (QED) is 0.811. The van der Waals surface area contributed by atoms with E-state index in [1.807, 2.05) is 30.3 Å². The van der Waals surface area contributed by atoms with E-state index in [0.29, 0.717) is 6.54 Å². The molecule has 1 aliphatic rings. The van der Waals surface area contributed by atoms with Gasteiger partial charge in [0, 0.05) is 32.7 Å². The topological polar surface area (TPSA) is 52.7 Å². The number of rotatable bonds is 5. The molecule has 0 radical (unpaired) electrons. The summed E-state index contributed by atoms with van der Waals surface area (Å²) >= 11 is 0. The summed E-state index contributed by atoms with van der Waals surface area (Å²) in [5.74, 6) is 0. The van der Waals surface area contributed by atoms with Gasteiger partial charge in [0.15, 0.2) is 0 Å². The zero-order valence-electron chi connectivity index (χ0n) is 11.8. The van der Waals surface area contributed by atoms with E-state index in [9.17, 15) is 5.11 Å². The van der Waals surface area contributed by atoms with Crippen LogP contribution >= 0.6 is 0 Å². The molecule has 4 nitrogen and oxygen atoms in total. The highest BCUT2D eigenvalue weighted by molar-refractivity contribution is 5.24. The van der Waals surface area contributed by atoms with Gasteiger partial charge in [-0.2, -0.15) is 0 Å². The molecule has 4 heteroatoms. The van der Waals surface area contributed by atoms with E-state index < -0.39 is 5.54 Å². The predicted molar refractivity (Wildman–Crippen MR) is 77.9 cm³/mol. The third-order valence-corrected chi connectivity index (χ3v) is 4.05. The molecule has 1 atom stereocenters. The fraction of sp³-hybridized carbons (Fsp3) is 0.600. The van der Waals surface area contributed by atoms with Gasteiger partial charge in [-0.1, -0.05) is 37.3 Å². The van der Waals surface area contributed by atoms with E-state index in [1.54, 1.807) is 0 Å². The Kier molecular flexibility index (Phi) is 4.93. The molecule has 0 saturated carbocycles. The first kappa shape index (κ1) is 14.5. The summed E-state index contributed by atoms with van der Waals surface area (Å²) in [6.07, 6.45) is 0. The van der Waals surface area contributed by atoms with Crippen molar-refractivity contribution < 1.29 is 5.11 Å². The molecule has 0 aromatic heterocycles. The minimum Gasteiger partial charge on any atom is -0.394 e. The average molecular weight is 263 g/mol. The Morgan fingerprint density at radius 2 is 1.68 bits per heavy atom. The number of nitrogens with two attached hydrogens (primary N) is 1. The number of nitrogens with zero attached hydrogens (tertiary/aromatic N) is 2. The smallest absolute Gasteiger partial charge is 0.0772 e. The van der Waals surface area contributed by atoms with Gasteiger partial charge in [0.25, 0.3) is 0 Å². The number of likely N-dealkylation sites (N-methyl/N-ethyl adjacent to an activating group) is 1. The van der Waals surface area contributed by atoms with Crippen molar-refractivity contribution in [3.05, 3.63) is 35.9 Å². The first-order valence-electron chi connectivity index (χ1n) is 7.08. The minimum absolute atomic E-state index is 0.0228. The molecule has 1 heterocycles. The lowest BCUT2D eigenvalue weighted by atomic mass is 9.91. The molecular weight excluding hydrogens is 238 g/mol. The summed E-state index contributed by atoms with van der Waals surface area (Å²) in [4.78, 5) is 4.80. The molecule has 1 aliphatic heterocycles. The van der Waals surface area contributed by atoms with Crippen LogP contribution in [0.1, 0.15) is 12.5 Å². The maximum absolute atomic E-state index is 9.71. The monoisotopic (exact) mass is 263 g/mol. The van der Waals surface area contributed by atoms with Crippen molar-refractivity contribution in [1.29, 1.82) is 0 Å². The number of hydrogen-bond acceptors (Lipinski definition) is 4. The summed E-state index contributed by atoms with van der Waals surface area (Å²) in [6.45, 7) is 8.23. The van der Waals surface area contributed by atoms with E-state index >= 15 is 0 Å². The highest BCUT2D eigenvalue weighted by Crippen LogP contribution is 2.19. The molecule has 0 bridgehead atoms. The highest BCUT2D eigenvalue weighted by Gasteiger charge is 2.30. The molecule has 1 saturated heterocycles. The fourth-order valence-electron chi connectivity index (χ4n) is 2.67. The van der Waals surface area contributed by atoms with E-state index in [2.05, 4.69) is 16.7 Å². The lowest BCUT2D eigenvalue weighted by Gasteiger charge is -2.39. The fourth-order valence-corrected chi connectivity index (χ4v) is 2.67. The predicted octanol–water partition coefficient (Wildman–Crippen LogP) is 0.470. The van der Waals surface area contributed by atoms with Crippen LogP contribution in [-0.4, -0.2) is 60.8 Å². The van der Waals surface area contributed by atoms with Crippen molar-refractivity contribution in [3.8, 4) is 0 Å². The number of piperazine rings is 1. The maximum Gasteiger partial charge on any atom is 0.0772 e. The molecule has 3 N–H and O–H groups in total. The summed E-state index contributed by atoms with van der Waals surface area (Å²) in [5.41, 5.74) is 6.76. The Morgan fingerprint density at radius 1 is 1.11 bits per heavy atom. The lowest BCUT2D eigenvalue weighted by Crippen LogP contribution is -2.55. The first-order valence-corrected chi connectivity index (χ1v) is 7.08. The van der Waals surface area contributed by atoms with Gasteiger partial charge in [0.2, 0.25) is 0 Å². The highest BCUT2D eigenvalue weighted by atomic mass is 16.3. The lowest BCUT2D eigenvalue weighted by molar-refractivity contribution is 0.0889. The van der Waals surface area contributed by atoms with Crippen LogP contribution in [-0.2, 0) is 5.54 Å². The summed E-state index contributed by atoms with van der Waals surface area (Å²) in [5, 5.41) is 9.71. The Labute approximate surface area is 115 Å². The van der Waals surface area contributed by atoms with Crippen LogP contribution in [0.4, 0.5) is 0 Å². The van der Waals surface area contributed by atoms with Gasteiger partial charge in [0.1, 0.15) is 0 Å². The second-order valence-corrected chi connectivity index (χ2v) is 5.39. The summed E-state index contributed by atoms with van der Waals surface area (Å²) < 4.78 is 0. The van der Waals surface area contributed by atoms with Crippen LogP contribution in [0.15, 0.2) is 30.3 Å². The standard InChI is InChI=1S/C15H25N3O/c1-2-17-8-10-18(11-9-17)12-15(16,13-19)14-6-4-3-5-7-14/h3-7,19H,2,8-13,16H2,1H3. The van der Waals surface area contributed by atoms with Gasteiger partial charge in [-0.15, -0.1) is 0 Å². The molecule has 1 unspecified atom stereocenters. The molecule has 0 spiro atoms. The van der Waals surface area contributed by atoms with E-state index in [1.165, 1.54) is 0 Å². The van der Waals surface area contributed by atoms with Crippen molar-refractivity contribution in [2.24, 2.45) is 5.73 Å². The molecule has 1 aromatic rings. The van der Waals surface area contributed by atoms with E-state index in [0.717, 1.165) is 38.3 Å². The third kappa shape index (κ3) is 3.54. The van der Waals surface area contributed by atoms with Gasteiger partial charge in [-0.05, 0) is 12.1 Å². The van der Waals surface area contributed by atoms with Crippen LogP contribution in [0.5, 0.6) is 0 Å². The summed E-state index contributed by atoms with van der Waals surface area (Å²) in [6, 6.07) is 9.92. The van der Waals surface area contributed by atoms with Gasteiger partial charge in [0.05, 0.1) is 12.1 Å². The van der Waals surface area contributed by atoms with Crippen molar-refractivity contribution in [3.63, 3.8) is 0 Å². The third-order valence-electron chi connectivity index (χ3n) is 4.05. The van der Waals surface area contributed by atoms with E-state index in [4.69, 9.17) is 5.73 Å². The molecular formula is C15H25N3O. The van der Waals surface area contributed by atoms with Crippen molar-refractivity contribution >= 4 is 0 Å². The Balaban J connectivity index is 2.00. The molecule has 1 aromatic carbocycles. The number of aliphatic hydroxyl groups is 1. The zero-order chi connectivity index (χ0) is 13.7. The normalized spacial score (nSPS) is 21.2. The van der Waals surface area contributed by atoms with Gasteiger partial charge >= 0.3 is 0 Å². The Morgan fingerprint density at radius 3 is 2.21 bits per heavy atom. The molecule has 0 aliphatic carbocycles. The van der Waals surface area contributed by atoms with Crippen molar-refractivity contribution in [2.75, 3.05) is 45.9 Å². The van der Waals surface area contributed by atoms with Crippen LogP contribution in [0, 0.1) is 0 Å². The Hall–Kier alpha value is -0.940. The van der Waals surface area contributed by atoms with Crippen LogP contribution in [0.3, 0.4) is 0 Å². The van der Waals surface area contributed by atoms with Crippen LogP contribution < -0.4 is 5.73 Å². The molecule has 2 rings (SSSR count). The largest absolute Gasteiger partial charge is 0.394 e. The van der Waals surface area contributed by atoms with Gasteiger partial charge in [-0.3, -0.25) is 4.90 Å². The summed E-state index contributed by atoms with van der Waals surface area (Å²) in [7, 11) is 0. The molecule has 106 valence electrons. The number of hydrogen-bond donors (Lipinski definition) is 2. The SMILES string of the molecule is CCN1CCN(CC(N)(CO)c2ccccc2)CC1. The minimum atomic E-state index is -0.657. The zero-order valence-corrected chi connectivity index (χ0v) is 11.8. The van der Waals surface area contributed by atoms with Crippen molar-refractivity contribution in [1.82, 2.24) is 9.80 Å². The van der Waals surface area contributed by atoms with Crippen LogP contribution in [0.2, 0.25) is 0 Å². The molecule has 1 fully saturated rings. The first-order chi connectivity index (χ1) is 9.18. The Bertz CT molecular complexity index is 376. The van der Waals surface area contributed by atoms with Gasteiger partial charge < -0.3 is 15.7 Å². The van der Waals surface area contributed by atoms with Crippen molar-refractivity contribution in [2.45, 2.75) is 12.5 Å². The number of aliphatic hydroxyl groups excluding tert-OH is 1. The van der Waals surface area contributed by atoms with Crippen LogP contribution in [0.25, 0.3) is 0 Å². The van der Waals surface area contributed by atoms with Gasteiger partial charge in [-0.25, -0.2) is 0 Å². The second-order valence-electron chi connectivity index (χ2n) is 5.39. The molecule has 19 heavy (non-hydrogen) atoms. The average Bonchev–Trinajstić information content (AvgIpc) is 2.49.